The van der Waals surface area contributed by atoms with Gasteiger partial charge < -0.3 is 9.47 Å². The third-order valence-electron chi connectivity index (χ3n) is 2.90. The van der Waals surface area contributed by atoms with Crippen molar-refractivity contribution in [2.75, 3.05) is 18.9 Å². The maximum absolute atomic E-state index is 13.7. The first-order valence-corrected chi connectivity index (χ1v) is 8.04. The molecule has 0 radical (unpaired) electrons. The Hall–Kier alpha value is -2.06. The molecular weight excluding hydrogens is 352 g/mol. The number of anilines is 1. The summed E-state index contributed by atoms with van der Waals surface area (Å²) in [7, 11) is -1.69. The molecular formula is C14H12ClF2NO4S. The summed E-state index contributed by atoms with van der Waals surface area (Å²) in [5.74, 6) is -1.60. The van der Waals surface area contributed by atoms with Gasteiger partial charge in [0.15, 0.2) is 0 Å². The lowest BCUT2D eigenvalue weighted by Crippen LogP contribution is -2.15. The first-order valence-electron chi connectivity index (χ1n) is 6.18. The minimum Gasteiger partial charge on any atom is -0.495 e. The van der Waals surface area contributed by atoms with Crippen molar-refractivity contribution >= 4 is 27.3 Å². The molecule has 2 aromatic carbocycles. The van der Waals surface area contributed by atoms with E-state index in [1.165, 1.54) is 26.4 Å². The minimum atomic E-state index is -4.38. The van der Waals surface area contributed by atoms with E-state index in [9.17, 15) is 17.2 Å². The van der Waals surface area contributed by atoms with E-state index in [1.807, 2.05) is 0 Å². The zero-order valence-electron chi connectivity index (χ0n) is 12.1. The lowest BCUT2D eigenvalue weighted by Gasteiger charge is -2.14. The molecule has 2 aromatic rings. The van der Waals surface area contributed by atoms with E-state index in [0.29, 0.717) is 6.07 Å². The molecule has 9 heteroatoms. The van der Waals surface area contributed by atoms with Crippen LogP contribution in [0.25, 0.3) is 0 Å². The zero-order chi connectivity index (χ0) is 17.2. The smallest absolute Gasteiger partial charge is 0.265 e. The number of nitrogens with one attached hydrogen (secondary N) is 1. The first kappa shape index (κ1) is 17.3. The molecule has 0 spiro atoms. The van der Waals surface area contributed by atoms with Gasteiger partial charge in [0, 0.05) is 6.07 Å². The quantitative estimate of drug-likeness (QED) is 0.883. The number of benzene rings is 2. The molecule has 0 aliphatic heterocycles. The number of ether oxygens (including phenoxy) is 2. The largest absolute Gasteiger partial charge is 0.495 e. The predicted octanol–water partition coefficient (Wildman–Crippen LogP) is 3.44. The van der Waals surface area contributed by atoms with E-state index in [-0.39, 0.29) is 22.2 Å². The molecule has 23 heavy (non-hydrogen) atoms. The van der Waals surface area contributed by atoms with Gasteiger partial charge in [0.2, 0.25) is 0 Å². The third kappa shape index (κ3) is 3.65. The van der Waals surface area contributed by atoms with E-state index < -0.39 is 26.6 Å². The number of hydrogen-bond acceptors (Lipinski definition) is 4. The van der Waals surface area contributed by atoms with Crippen molar-refractivity contribution < 1.29 is 26.7 Å². The number of rotatable bonds is 5. The fourth-order valence-corrected chi connectivity index (χ4v) is 3.21. The standard InChI is InChI=1S/C14H12ClF2NO4S/c1-21-12-7-13(22-2)11(6-9(12)15)18-23(19,20)14-5-8(16)3-4-10(14)17/h3-7,18H,1-2H3. The van der Waals surface area contributed by atoms with Crippen LogP contribution in [-0.4, -0.2) is 22.6 Å². The molecule has 0 aromatic heterocycles. The Morgan fingerprint density at radius 1 is 1.04 bits per heavy atom. The van der Waals surface area contributed by atoms with Crippen LogP contribution in [0.5, 0.6) is 11.5 Å². The molecule has 0 amide bonds. The van der Waals surface area contributed by atoms with Gasteiger partial charge in [0.25, 0.3) is 10.0 Å². The molecule has 0 atom stereocenters. The Bertz CT molecular complexity index is 843. The summed E-state index contributed by atoms with van der Waals surface area (Å²) in [6, 6.07) is 4.73. The highest BCUT2D eigenvalue weighted by atomic mass is 35.5. The molecule has 2 rings (SSSR count). The monoisotopic (exact) mass is 363 g/mol. The molecule has 0 bridgehead atoms. The summed E-state index contributed by atoms with van der Waals surface area (Å²) in [6.07, 6.45) is 0. The van der Waals surface area contributed by atoms with Crippen molar-refractivity contribution in [2.45, 2.75) is 4.90 Å². The van der Waals surface area contributed by atoms with Crippen LogP contribution in [0.4, 0.5) is 14.5 Å². The second-order valence-corrected chi connectivity index (χ2v) is 6.43. The molecule has 0 fully saturated rings. The van der Waals surface area contributed by atoms with Crippen molar-refractivity contribution in [2.24, 2.45) is 0 Å². The van der Waals surface area contributed by atoms with Gasteiger partial charge in [0.05, 0.1) is 24.9 Å². The summed E-state index contributed by atoms with van der Waals surface area (Å²) in [5, 5.41) is 0.116. The molecule has 1 N–H and O–H groups in total. The number of hydrogen-bond donors (Lipinski definition) is 1. The lowest BCUT2D eigenvalue weighted by molar-refractivity contribution is 0.396. The molecule has 0 unspecified atom stereocenters. The van der Waals surface area contributed by atoms with Crippen LogP contribution in [0, 0.1) is 11.6 Å². The van der Waals surface area contributed by atoms with Crippen molar-refractivity contribution in [3.8, 4) is 11.5 Å². The van der Waals surface area contributed by atoms with Gasteiger partial charge in [-0.15, -0.1) is 0 Å². The second kappa shape index (κ2) is 6.59. The topological polar surface area (TPSA) is 64.6 Å². The lowest BCUT2D eigenvalue weighted by atomic mass is 10.3. The van der Waals surface area contributed by atoms with Gasteiger partial charge in [-0.1, -0.05) is 11.6 Å². The Balaban J connectivity index is 2.49. The molecule has 5 nitrogen and oxygen atoms in total. The maximum atomic E-state index is 13.7. The summed E-state index contributed by atoms with van der Waals surface area (Å²) in [6.45, 7) is 0. The highest BCUT2D eigenvalue weighted by Gasteiger charge is 2.22. The van der Waals surface area contributed by atoms with Crippen molar-refractivity contribution in [3.63, 3.8) is 0 Å². The van der Waals surface area contributed by atoms with E-state index in [2.05, 4.69) is 4.72 Å². The fourth-order valence-electron chi connectivity index (χ4n) is 1.82. The normalized spacial score (nSPS) is 11.2. The molecule has 124 valence electrons. The first-order chi connectivity index (χ1) is 10.8. The predicted molar refractivity (Wildman–Crippen MR) is 81.7 cm³/mol. The molecule has 0 saturated heterocycles. The van der Waals surface area contributed by atoms with Crippen LogP contribution in [0.3, 0.4) is 0 Å². The SMILES string of the molecule is COc1cc(OC)c(NS(=O)(=O)c2cc(F)ccc2F)cc1Cl. The van der Waals surface area contributed by atoms with Crippen LogP contribution in [0.1, 0.15) is 0 Å². The zero-order valence-corrected chi connectivity index (χ0v) is 13.6. The highest BCUT2D eigenvalue weighted by Crippen LogP contribution is 2.37. The Morgan fingerprint density at radius 2 is 1.70 bits per heavy atom. The van der Waals surface area contributed by atoms with Crippen molar-refractivity contribution in [3.05, 3.63) is 47.0 Å². The molecule has 0 saturated carbocycles. The van der Waals surface area contributed by atoms with E-state index in [1.54, 1.807) is 0 Å². The van der Waals surface area contributed by atoms with Crippen LogP contribution in [-0.2, 0) is 10.0 Å². The highest BCUT2D eigenvalue weighted by molar-refractivity contribution is 7.92. The average Bonchev–Trinajstić information content (AvgIpc) is 2.49. The average molecular weight is 364 g/mol. The van der Waals surface area contributed by atoms with E-state index in [4.69, 9.17) is 21.1 Å². The second-order valence-electron chi connectivity index (χ2n) is 4.37. The van der Waals surface area contributed by atoms with Crippen LogP contribution in [0.2, 0.25) is 5.02 Å². The molecule has 0 aliphatic carbocycles. The number of methoxy groups -OCH3 is 2. The summed E-state index contributed by atoms with van der Waals surface area (Å²) in [4.78, 5) is -0.827. The fraction of sp³-hybridized carbons (Fsp3) is 0.143. The Labute approximate surface area is 136 Å². The van der Waals surface area contributed by atoms with E-state index >= 15 is 0 Å². The van der Waals surface area contributed by atoms with Crippen molar-refractivity contribution in [1.82, 2.24) is 0 Å². The molecule has 0 heterocycles. The summed E-state index contributed by atoms with van der Waals surface area (Å²) >= 11 is 5.94. The summed E-state index contributed by atoms with van der Waals surface area (Å²) < 4.78 is 63.6. The Kier molecular flexibility index (Phi) is 4.96. The van der Waals surface area contributed by atoms with Gasteiger partial charge in [-0.2, -0.15) is 0 Å². The number of halogens is 3. The van der Waals surface area contributed by atoms with Gasteiger partial charge in [-0.3, -0.25) is 4.72 Å². The van der Waals surface area contributed by atoms with Crippen LogP contribution < -0.4 is 14.2 Å². The van der Waals surface area contributed by atoms with Crippen LogP contribution >= 0.6 is 11.6 Å². The van der Waals surface area contributed by atoms with Crippen molar-refractivity contribution in [1.29, 1.82) is 0 Å². The molecule has 0 aliphatic rings. The minimum absolute atomic E-state index is 0.0399. The maximum Gasteiger partial charge on any atom is 0.265 e. The van der Waals surface area contributed by atoms with Gasteiger partial charge in [0.1, 0.15) is 28.0 Å². The van der Waals surface area contributed by atoms with Gasteiger partial charge in [-0.05, 0) is 24.3 Å². The summed E-state index contributed by atoms with van der Waals surface area (Å²) in [5.41, 5.74) is -0.0399. The van der Waals surface area contributed by atoms with Gasteiger partial charge in [-0.25, -0.2) is 17.2 Å². The third-order valence-corrected chi connectivity index (χ3v) is 4.58. The number of sulfonamides is 1. The van der Waals surface area contributed by atoms with E-state index in [0.717, 1.165) is 12.1 Å². The van der Waals surface area contributed by atoms with Gasteiger partial charge >= 0.3 is 0 Å². The van der Waals surface area contributed by atoms with Crippen LogP contribution in [0.15, 0.2) is 35.2 Å². The Morgan fingerprint density at radius 3 is 2.30 bits per heavy atom.